The van der Waals surface area contributed by atoms with Crippen molar-refractivity contribution in [3.63, 3.8) is 0 Å². The van der Waals surface area contributed by atoms with Gasteiger partial charge in [0.25, 0.3) is 0 Å². The van der Waals surface area contributed by atoms with E-state index in [4.69, 9.17) is 0 Å². The number of carbonyl (C=O) groups is 2. The summed E-state index contributed by atoms with van der Waals surface area (Å²) in [7, 11) is 0. The third-order valence-electron chi connectivity index (χ3n) is 4.78. The van der Waals surface area contributed by atoms with Crippen molar-refractivity contribution in [1.29, 1.82) is 0 Å². The summed E-state index contributed by atoms with van der Waals surface area (Å²) in [4.78, 5) is 45.4. The van der Waals surface area contributed by atoms with Crippen molar-refractivity contribution >= 4 is 40.1 Å². The number of aromatic carboxylic acids is 1. The van der Waals surface area contributed by atoms with Crippen LogP contribution in [0, 0.1) is 11.7 Å². The molecular weight excluding hydrogens is 458 g/mol. The standard InChI is InChI=1S/C18H13F4N5O4S/c19-11-3-9-12(28)10(16(30)31)6-27(17-23-1-2-32-17)13(9)25-14(11)26-4-8(5-26)15(29)24-7-18(20,21)22/h1-3,6,8H,4-5,7H2,(H,24,29)(H,30,31). The number of hydrogen-bond donors (Lipinski definition) is 2. The Balaban J connectivity index is 1.68. The monoisotopic (exact) mass is 471 g/mol. The number of thiazole rings is 1. The fraction of sp³-hybridized carbons (Fsp3) is 0.278. The van der Waals surface area contributed by atoms with Gasteiger partial charge in [0, 0.05) is 30.9 Å². The Labute approximate surface area is 179 Å². The van der Waals surface area contributed by atoms with Crippen LogP contribution in [0.15, 0.2) is 28.6 Å². The zero-order valence-corrected chi connectivity index (χ0v) is 16.7. The smallest absolute Gasteiger partial charge is 0.405 e. The molecule has 0 atom stereocenters. The average Bonchev–Trinajstić information content (AvgIpc) is 3.20. The van der Waals surface area contributed by atoms with Gasteiger partial charge in [-0.1, -0.05) is 0 Å². The second kappa shape index (κ2) is 7.85. The van der Waals surface area contributed by atoms with Crippen molar-refractivity contribution in [2.24, 2.45) is 5.92 Å². The van der Waals surface area contributed by atoms with Crippen molar-refractivity contribution in [1.82, 2.24) is 19.9 Å². The second-order valence-corrected chi connectivity index (χ2v) is 7.83. The van der Waals surface area contributed by atoms with Gasteiger partial charge in [0.1, 0.15) is 12.1 Å². The minimum absolute atomic E-state index is 0.0451. The van der Waals surface area contributed by atoms with Gasteiger partial charge >= 0.3 is 12.1 Å². The number of amides is 1. The normalized spacial score (nSPS) is 14.4. The highest BCUT2D eigenvalue weighted by molar-refractivity contribution is 7.12. The number of anilines is 1. The molecule has 14 heteroatoms. The number of carboxylic acids is 1. The van der Waals surface area contributed by atoms with E-state index in [9.17, 15) is 37.1 Å². The molecule has 0 radical (unpaired) electrons. The maximum atomic E-state index is 14.7. The van der Waals surface area contributed by atoms with E-state index in [2.05, 4.69) is 9.97 Å². The van der Waals surface area contributed by atoms with E-state index in [1.54, 1.807) is 10.7 Å². The molecule has 0 unspecified atom stereocenters. The van der Waals surface area contributed by atoms with Crippen molar-refractivity contribution in [3.8, 4) is 5.13 Å². The Morgan fingerprint density at radius 2 is 2.03 bits per heavy atom. The molecule has 0 aliphatic carbocycles. The lowest BCUT2D eigenvalue weighted by atomic mass is 9.99. The molecule has 1 saturated heterocycles. The Kier molecular flexibility index (Phi) is 5.32. The Morgan fingerprint density at radius 3 is 2.62 bits per heavy atom. The number of pyridine rings is 2. The van der Waals surface area contributed by atoms with Crippen LogP contribution in [0.5, 0.6) is 0 Å². The number of alkyl halides is 3. The summed E-state index contributed by atoms with van der Waals surface area (Å²) in [6, 6.07) is 0.855. The molecule has 32 heavy (non-hydrogen) atoms. The maximum Gasteiger partial charge on any atom is 0.405 e. The number of carboxylic acid groups (broad SMARTS) is 1. The molecule has 4 rings (SSSR count). The first-order valence-electron chi connectivity index (χ1n) is 9.03. The molecule has 0 saturated carbocycles. The predicted molar refractivity (Wildman–Crippen MR) is 105 cm³/mol. The summed E-state index contributed by atoms with van der Waals surface area (Å²) < 4.78 is 52.8. The molecule has 3 aromatic rings. The van der Waals surface area contributed by atoms with E-state index in [-0.39, 0.29) is 35.1 Å². The quantitative estimate of drug-likeness (QED) is 0.545. The molecule has 0 aromatic carbocycles. The van der Waals surface area contributed by atoms with Gasteiger partial charge in [-0.2, -0.15) is 13.2 Å². The van der Waals surface area contributed by atoms with Gasteiger partial charge in [0.15, 0.2) is 22.4 Å². The van der Waals surface area contributed by atoms with Crippen molar-refractivity contribution in [3.05, 3.63) is 45.4 Å². The SMILES string of the molecule is O=C(O)c1cn(-c2nccs2)c2nc(N3CC(C(=O)NCC(F)(F)F)C3)c(F)cc2c1=O. The topological polar surface area (TPSA) is 117 Å². The Hall–Kier alpha value is -3.55. The van der Waals surface area contributed by atoms with E-state index >= 15 is 0 Å². The van der Waals surface area contributed by atoms with Gasteiger partial charge in [-0.15, -0.1) is 11.3 Å². The fourth-order valence-corrected chi connectivity index (χ4v) is 3.84. The van der Waals surface area contributed by atoms with Gasteiger partial charge in [-0.25, -0.2) is 19.2 Å². The molecule has 1 aliphatic heterocycles. The Morgan fingerprint density at radius 1 is 1.31 bits per heavy atom. The van der Waals surface area contributed by atoms with Gasteiger partial charge in [0.2, 0.25) is 11.3 Å². The number of halogens is 4. The van der Waals surface area contributed by atoms with Crippen molar-refractivity contribution < 1.29 is 32.3 Å². The average molecular weight is 471 g/mol. The third kappa shape index (κ3) is 4.00. The summed E-state index contributed by atoms with van der Waals surface area (Å²) in [5.74, 6) is -4.25. The number of aromatic nitrogens is 3. The summed E-state index contributed by atoms with van der Waals surface area (Å²) in [6.07, 6.45) is -2.04. The van der Waals surface area contributed by atoms with Gasteiger partial charge in [-0.3, -0.25) is 14.2 Å². The van der Waals surface area contributed by atoms with Crippen LogP contribution in [0.4, 0.5) is 23.4 Å². The third-order valence-corrected chi connectivity index (χ3v) is 5.55. The molecule has 1 aliphatic rings. The van der Waals surface area contributed by atoms with Crippen LogP contribution in [-0.2, 0) is 4.79 Å². The van der Waals surface area contributed by atoms with Gasteiger partial charge in [-0.05, 0) is 6.07 Å². The van der Waals surface area contributed by atoms with Gasteiger partial charge < -0.3 is 15.3 Å². The molecule has 3 aromatic heterocycles. The lowest BCUT2D eigenvalue weighted by Crippen LogP contribution is -2.55. The highest BCUT2D eigenvalue weighted by Crippen LogP contribution is 2.29. The van der Waals surface area contributed by atoms with Crippen LogP contribution in [-0.4, -0.2) is 57.3 Å². The number of nitrogens with zero attached hydrogens (tertiary/aromatic N) is 4. The number of hydrogen-bond acceptors (Lipinski definition) is 7. The summed E-state index contributed by atoms with van der Waals surface area (Å²) in [5.41, 5.74) is -1.56. The van der Waals surface area contributed by atoms with Crippen LogP contribution in [0.3, 0.4) is 0 Å². The van der Waals surface area contributed by atoms with Crippen molar-refractivity contribution in [2.45, 2.75) is 6.18 Å². The number of carbonyl (C=O) groups excluding carboxylic acids is 1. The van der Waals surface area contributed by atoms with E-state index < -0.39 is 47.3 Å². The molecule has 1 fully saturated rings. The largest absolute Gasteiger partial charge is 0.477 e. The zero-order valence-electron chi connectivity index (χ0n) is 15.9. The second-order valence-electron chi connectivity index (χ2n) is 6.96. The lowest BCUT2D eigenvalue weighted by Gasteiger charge is -2.39. The molecule has 168 valence electrons. The van der Waals surface area contributed by atoms with E-state index in [1.807, 2.05) is 0 Å². The predicted octanol–water partition coefficient (Wildman–Crippen LogP) is 1.79. The number of rotatable bonds is 5. The van der Waals surface area contributed by atoms with Gasteiger partial charge in [0.05, 0.1) is 11.3 Å². The summed E-state index contributed by atoms with van der Waals surface area (Å²) in [5, 5.41) is 12.7. The minimum atomic E-state index is -4.54. The van der Waals surface area contributed by atoms with Crippen LogP contribution < -0.4 is 15.6 Å². The number of nitrogens with one attached hydrogen (secondary N) is 1. The molecule has 9 nitrogen and oxygen atoms in total. The van der Waals surface area contributed by atoms with Crippen molar-refractivity contribution in [2.75, 3.05) is 24.5 Å². The molecular formula is C18H13F4N5O4S. The van der Waals surface area contributed by atoms with E-state index in [0.29, 0.717) is 0 Å². The van der Waals surface area contributed by atoms with Crippen LogP contribution in [0.25, 0.3) is 16.2 Å². The molecule has 0 spiro atoms. The first kappa shape index (κ1) is 21.7. The Bertz CT molecular complexity index is 1270. The zero-order chi connectivity index (χ0) is 23.2. The maximum absolute atomic E-state index is 14.7. The van der Waals surface area contributed by atoms with Crippen LogP contribution in [0.2, 0.25) is 0 Å². The molecule has 4 heterocycles. The number of fused-ring (bicyclic) bond motifs is 1. The molecule has 1 amide bonds. The highest BCUT2D eigenvalue weighted by atomic mass is 32.1. The van der Waals surface area contributed by atoms with Crippen LogP contribution in [0.1, 0.15) is 10.4 Å². The first-order chi connectivity index (χ1) is 15.0. The minimum Gasteiger partial charge on any atom is -0.477 e. The first-order valence-corrected chi connectivity index (χ1v) is 9.91. The molecule has 0 bridgehead atoms. The summed E-state index contributed by atoms with van der Waals surface area (Å²) >= 11 is 1.13. The van der Waals surface area contributed by atoms with E-state index in [1.165, 1.54) is 15.7 Å². The lowest BCUT2D eigenvalue weighted by molar-refractivity contribution is -0.141. The fourth-order valence-electron chi connectivity index (χ4n) is 3.22. The van der Waals surface area contributed by atoms with E-state index in [0.717, 1.165) is 23.6 Å². The van der Waals surface area contributed by atoms with Crippen LogP contribution >= 0.6 is 11.3 Å². The highest BCUT2D eigenvalue weighted by Gasteiger charge is 2.37. The molecule has 2 N–H and O–H groups in total. The summed E-state index contributed by atoms with van der Waals surface area (Å²) in [6.45, 7) is -1.61.